The molecule has 0 radical (unpaired) electrons. The molecule has 0 saturated carbocycles. The minimum Gasteiger partial charge on any atom is -0.299 e. The van der Waals surface area contributed by atoms with Crippen LogP contribution < -0.4 is 11.1 Å². The maximum Gasteiger partial charge on any atom is 0.270 e. The van der Waals surface area contributed by atoms with Crippen LogP contribution in [0.25, 0.3) is 0 Å². The number of fused-ring (bicyclic) bond motifs is 1. The van der Waals surface area contributed by atoms with E-state index >= 15 is 0 Å². The molecule has 0 N–H and O–H groups in total. The van der Waals surface area contributed by atoms with Gasteiger partial charge in [0, 0.05) is 64.1 Å². The Morgan fingerprint density at radius 3 is 2.63 bits per heavy atom. The first-order valence-corrected chi connectivity index (χ1v) is 9.66. The van der Waals surface area contributed by atoms with E-state index in [-0.39, 0.29) is 11.1 Å². The normalized spacial score (nSPS) is 18.0. The number of aromatic nitrogens is 4. The zero-order valence-corrected chi connectivity index (χ0v) is 15.8. The van der Waals surface area contributed by atoms with Crippen molar-refractivity contribution in [1.29, 1.82) is 0 Å². The first-order valence-electron chi connectivity index (χ1n) is 9.66. The first kappa shape index (κ1) is 18.1. The molecule has 3 heterocycles. The molecule has 0 aromatic carbocycles. The highest BCUT2D eigenvalue weighted by molar-refractivity contribution is 5.22. The van der Waals surface area contributed by atoms with E-state index in [9.17, 15) is 9.59 Å². The van der Waals surface area contributed by atoms with Gasteiger partial charge in [0.05, 0.1) is 12.2 Å². The molecule has 0 spiro atoms. The number of hydrogen-bond donors (Lipinski definition) is 0. The van der Waals surface area contributed by atoms with Gasteiger partial charge in [-0.15, -0.1) is 0 Å². The van der Waals surface area contributed by atoms with Crippen LogP contribution in [0.3, 0.4) is 0 Å². The molecular weight excluding hydrogens is 344 g/mol. The minimum absolute atomic E-state index is 0.0165. The molecule has 0 unspecified atom stereocenters. The molecule has 2 aromatic heterocycles. The van der Waals surface area contributed by atoms with Crippen molar-refractivity contribution in [3.63, 3.8) is 0 Å². The third-order valence-corrected chi connectivity index (χ3v) is 5.59. The molecule has 144 valence electrons. The lowest BCUT2D eigenvalue weighted by atomic mass is 10.2. The Labute approximate surface area is 158 Å². The van der Waals surface area contributed by atoms with Crippen LogP contribution in [0, 0.1) is 0 Å². The third-order valence-electron chi connectivity index (χ3n) is 5.59. The molecule has 0 atom stereocenters. The molecular formula is C19H26N6O2. The summed E-state index contributed by atoms with van der Waals surface area (Å²) in [6.45, 7) is 5.83. The first-order chi connectivity index (χ1) is 13.1. The quantitative estimate of drug-likeness (QED) is 0.716. The Morgan fingerprint density at radius 1 is 1.04 bits per heavy atom. The zero-order chi connectivity index (χ0) is 18.8. The molecule has 1 aliphatic heterocycles. The fourth-order valence-corrected chi connectivity index (χ4v) is 3.92. The van der Waals surface area contributed by atoms with Gasteiger partial charge >= 0.3 is 0 Å². The van der Waals surface area contributed by atoms with E-state index in [0.29, 0.717) is 13.1 Å². The summed E-state index contributed by atoms with van der Waals surface area (Å²) in [4.78, 5) is 29.0. The lowest BCUT2D eigenvalue weighted by Crippen LogP contribution is -2.47. The van der Waals surface area contributed by atoms with Gasteiger partial charge in [-0.1, -0.05) is 0 Å². The average molecular weight is 370 g/mol. The topological polar surface area (TPSA) is 76.3 Å². The van der Waals surface area contributed by atoms with Crippen LogP contribution in [0.4, 0.5) is 0 Å². The molecule has 1 aliphatic carbocycles. The van der Waals surface area contributed by atoms with Crippen molar-refractivity contribution in [2.75, 3.05) is 32.7 Å². The van der Waals surface area contributed by atoms with Crippen LogP contribution in [0.5, 0.6) is 0 Å². The Kier molecular flexibility index (Phi) is 5.18. The number of piperazine rings is 1. The summed E-state index contributed by atoms with van der Waals surface area (Å²) >= 11 is 0. The molecule has 27 heavy (non-hydrogen) atoms. The second-order valence-corrected chi connectivity index (χ2v) is 7.43. The summed E-state index contributed by atoms with van der Waals surface area (Å²) in [6, 6.07) is 3.57. The van der Waals surface area contributed by atoms with E-state index in [1.807, 2.05) is 0 Å². The van der Waals surface area contributed by atoms with Crippen LogP contribution in [0.2, 0.25) is 0 Å². The van der Waals surface area contributed by atoms with Gasteiger partial charge in [-0.25, -0.2) is 9.36 Å². The molecule has 2 aromatic rings. The van der Waals surface area contributed by atoms with Gasteiger partial charge < -0.3 is 0 Å². The fraction of sp³-hybridized carbons (Fsp3) is 0.579. The summed E-state index contributed by atoms with van der Waals surface area (Å²) in [5.41, 5.74) is 3.00. The van der Waals surface area contributed by atoms with Gasteiger partial charge in [-0.05, 0) is 30.9 Å². The summed E-state index contributed by atoms with van der Waals surface area (Å²) < 4.78 is 3.00. The van der Waals surface area contributed by atoms with Gasteiger partial charge in [0.15, 0.2) is 0 Å². The maximum absolute atomic E-state index is 12.2. The Bertz CT molecular complexity index is 927. The van der Waals surface area contributed by atoms with Gasteiger partial charge in [-0.3, -0.25) is 19.4 Å². The smallest absolute Gasteiger partial charge is 0.270 e. The van der Waals surface area contributed by atoms with Crippen molar-refractivity contribution in [1.82, 2.24) is 29.4 Å². The van der Waals surface area contributed by atoms with Crippen LogP contribution in [0.1, 0.15) is 23.2 Å². The van der Waals surface area contributed by atoms with E-state index < -0.39 is 0 Å². The van der Waals surface area contributed by atoms with Crippen molar-refractivity contribution in [3.05, 3.63) is 55.9 Å². The highest BCUT2D eigenvalue weighted by Gasteiger charge is 2.19. The van der Waals surface area contributed by atoms with Gasteiger partial charge in [0.1, 0.15) is 0 Å². The van der Waals surface area contributed by atoms with Gasteiger partial charge in [0.2, 0.25) is 0 Å². The summed E-state index contributed by atoms with van der Waals surface area (Å²) in [7, 11) is 1.68. The van der Waals surface area contributed by atoms with Crippen LogP contribution in [0.15, 0.2) is 27.9 Å². The zero-order valence-electron chi connectivity index (χ0n) is 15.8. The second kappa shape index (κ2) is 7.74. The van der Waals surface area contributed by atoms with Crippen LogP contribution in [-0.4, -0.2) is 62.1 Å². The molecule has 8 heteroatoms. The van der Waals surface area contributed by atoms with E-state index in [0.717, 1.165) is 68.8 Å². The molecule has 2 aliphatic rings. The molecule has 1 fully saturated rings. The lowest BCUT2D eigenvalue weighted by Gasteiger charge is -2.34. The molecule has 4 rings (SSSR count). The largest absolute Gasteiger partial charge is 0.299 e. The monoisotopic (exact) mass is 370 g/mol. The molecule has 1 saturated heterocycles. The van der Waals surface area contributed by atoms with E-state index in [4.69, 9.17) is 0 Å². The number of aryl methyl sites for hydroxylation is 3. The van der Waals surface area contributed by atoms with Gasteiger partial charge in [-0.2, -0.15) is 10.2 Å². The predicted molar refractivity (Wildman–Crippen MR) is 102 cm³/mol. The summed E-state index contributed by atoms with van der Waals surface area (Å²) in [5.74, 6) is 0. The van der Waals surface area contributed by atoms with Crippen molar-refractivity contribution in [3.8, 4) is 0 Å². The highest BCUT2D eigenvalue weighted by Crippen LogP contribution is 2.16. The SMILES string of the molecule is Cn1nccc(CN2CCN(CCn3nc4c(cc3=O)CCC4)CC2)c1=O. The van der Waals surface area contributed by atoms with Crippen molar-refractivity contribution in [2.24, 2.45) is 7.05 Å². The number of hydrogen-bond acceptors (Lipinski definition) is 6. The van der Waals surface area contributed by atoms with Crippen LogP contribution in [-0.2, 0) is 33.0 Å². The van der Waals surface area contributed by atoms with E-state index in [1.165, 1.54) is 4.68 Å². The Balaban J connectivity index is 1.29. The summed E-state index contributed by atoms with van der Waals surface area (Å²) in [5, 5.41) is 8.52. The third kappa shape index (κ3) is 4.01. The van der Waals surface area contributed by atoms with E-state index in [1.54, 1.807) is 30.1 Å². The summed E-state index contributed by atoms with van der Waals surface area (Å²) in [6.07, 6.45) is 4.76. The van der Waals surface area contributed by atoms with Crippen molar-refractivity contribution in [2.45, 2.75) is 32.4 Å². The Hall–Kier alpha value is -2.32. The fourth-order valence-electron chi connectivity index (χ4n) is 3.92. The maximum atomic E-state index is 12.2. The number of rotatable bonds is 5. The van der Waals surface area contributed by atoms with Gasteiger partial charge in [0.25, 0.3) is 11.1 Å². The standard InChI is InChI=1S/C19H26N6O2/c1-22-19(27)16(5-6-20-22)14-24-9-7-23(8-10-24)11-12-25-18(26)13-15-3-2-4-17(15)21-25/h5-6,13H,2-4,7-12,14H2,1H3. The van der Waals surface area contributed by atoms with Crippen molar-refractivity contribution < 1.29 is 0 Å². The minimum atomic E-state index is -0.0259. The predicted octanol–water partition coefficient (Wildman–Crippen LogP) is -0.356. The molecule has 0 amide bonds. The lowest BCUT2D eigenvalue weighted by molar-refractivity contribution is 0.122. The van der Waals surface area contributed by atoms with Crippen molar-refractivity contribution >= 4 is 0 Å². The Morgan fingerprint density at radius 2 is 1.81 bits per heavy atom. The highest BCUT2D eigenvalue weighted by atomic mass is 16.1. The van der Waals surface area contributed by atoms with E-state index in [2.05, 4.69) is 20.0 Å². The molecule has 0 bridgehead atoms. The van der Waals surface area contributed by atoms with Crippen LogP contribution >= 0.6 is 0 Å². The molecule has 8 nitrogen and oxygen atoms in total. The second-order valence-electron chi connectivity index (χ2n) is 7.43. The number of nitrogens with zero attached hydrogens (tertiary/aromatic N) is 6. The average Bonchev–Trinajstić information content (AvgIpc) is 3.12.